The molecular weight excluding hydrogens is 380 g/mol. The first-order valence-corrected chi connectivity index (χ1v) is 9.93. The summed E-state index contributed by atoms with van der Waals surface area (Å²) >= 11 is 0. The second-order valence-electron chi connectivity index (χ2n) is 7.42. The summed E-state index contributed by atoms with van der Waals surface area (Å²) in [7, 11) is 3.41. The van der Waals surface area contributed by atoms with Gasteiger partial charge in [-0.1, -0.05) is 30.3 Å². The molecule has 1 heterocycles. The molecule has 1 aliphatic heterocycles. The van der Waals surface area contributed by atoms with E-state index in [1.807, 2.05) is 42.3 Å². The molecule has 4 rings (SSSR count). The zero-order valence-electron chi connectivity index (χ0n) is 17.0. The van der Waals surface area contributed by atoms with Gasteiger partial charge in [0, 0.05) is 11.3 Å². The van der Waals surface area contributed by atoms with Crippen LogP contribution >= 0.6 is 0 Å². The van der Waals surface area contributed by atoms with Crippen molar-refractivity contribution in [3.8, 4) is 5.75 Å². The van der Waals surface area contributed by atoms with Crippen molar-refractivity contribution in [1.82, 2.24) is 5.32 Å². The number of aromatic carboxylic acids is 1. The number of para-hydroxylation sites is 1. The van der Waals surface area contributed by atoms with Crippen LogP contribution in [0.15, 0.2) is 54.6 Å². The minimum Gasteiger partial charge on any atom is -0.496 e. The third kappa shape index (κ3) is 3.50. The molecule has 0 aliphatic carbocycles. The molecule has 6 heteroatoms. The van der Waals surface area contributed by atoms with Crippen LogP contribution in [0.5, 0.6) is 5.75 Å². The number of benzene rings is 3. The average Bonchev–Trinajstić information content (AvgIpc) is 2.90. The van der Waals surface area contributed by atoms with Crippen molar-refractivity contribution in [2.75, 3.05) is 19.1 Å². The first kappa shape index (κ1) is 19.9. The van der Waals surface area contributed by atoms with Crippen LogP contribution in [-0.4, -0.2) is 37.2 Å². The number of nitrogens with one attached hydrogen (secondary N) is 1. The van der Waals surface area contributed by atoms with Gasteiger partial charge in [-0.2, -0.15) is 0 Å². The number of hydrogen-bond acceptors (Lipinski definition) is 4. The zero-order valence-corrected chi connectivity index (χ0v) is 17.0. The summed E-state index contributed by atoms with van der Waals surface area (Å²) in [6.07, 6.45) is 1.55. The molecule has 0 radical (unpaired) electrons. The minimum atomic E-state index is -0.970. The van der Waals surface area contributed by atoms with Gasteiger partial charge in [-0.15, -0.1) is 0 Å². The van der Waals surface area contributed by atoms with Gasteiger partial charge >= 0.3 is 5.97 Å². The predicted molar refractivity (Wildman–Crippen MR) is 116 cm³/mol. The van der Waals surface area contributed by atoms with Crippen LogP contribution in [0, 0.1) is 0 Å². The molecule has 3 aromatic rings. The summed E-state index contributed by atoms with van der Waals surface area (Å²) in [5.74, 6) is -0.285. The van der Waals surface area contributed by atoms with Crippen LogP contribution in [0.3, 0.4) is 0 Å². The molecule has 0 fully saturated rings. The Hall–Kier alpha value is -3.38. The lowest BCUT2D eigenvalue weighted by Crippen LogP contribution is -2.44. The lowest BCUT2D eigenvalue weighted by molar-refractivity contribution is -0.120. The summed E-state index contributed by atoms with van der Waals surface area (Å²) < 4.78 is 5.61. The van der Waals surface area contributed by atoms with E-state index in [1.165, 1.54) is 0 Å². The van der Waals surface area contributed by atoms with E-state index in [0.717, 1.165) is 40.4 Å². The van der Waals surface area contributed by atoms with Gasteiger partial charge in [0.15, 0.2) is 0 Å². The maximum Gasteiger partial charge on any atom is 0.335 e. The van der Waals surface area contributed by atoms with Crippen molar-refractivity contribution in [2.24, 2.45) is 0 Å². The number of likely N-dealkylation sites (N-methyl/N-ethyl adjacent to an activating group) is 1. The molecule has 0 spiro atoms. The molecule has 1 atom stereocenters. The fraction of sp³-hybridized carbons (Fsp3) is 0.250. The Balaban J connectivity index is 1.85. The van der Waals surface area contributed by atoms with Crippen molar-refractivity contribution in [3.63, 3.8) is 0 Å². The van der Waals surface area contributed by atoms with E-state index in [9.17, 15) is 14.7 Å². The molecule has 6 nitrogen and oxygen atoms in total. The molecule has 0 bridgehead atoms. The summed E-state index contributed by atoms with van der Waals surface area (Å²) in [6.45, 7) is 0.334. The van der Waals surface area contributed by atoms with E-state index in [4.69, 9.17) is 4.74 Å². The second kappa shape index (κ2) is 8.16. The largest absolute Gasteiger partial charge is 0.496 e. The first-order valence-electron chi connectivity index (χ1n) is 9.93. The Morgan fingerprint density at radius 3 is 2.73 bits per heavy atom. The van der Waals surface area contributed by atoms with Crippen LogP contribution < -0.4 is 15.0 Å². The number of ether oxygens (including phenoxy) is 1. The maximum atomic E-state index is 13.4. The van der Waals surface area contributed by atoms with Gasteiger partial charge in [0.1, 0.15) is 5.75 Å². The fourth-order valence-corrected chi connectivity index (χ4v) is 4.17. The number of fused-ring (bicyclic) bond motifs is 2. The Bertz CT molecular complexity index is 1130. The Labute approximate surface area is 175 Å². The number of methoxy groups -OCH3 is 1. The van der Waals surface area contributed by atoms with Crippen molar-refractivity contribution in [2.45, 2.75) is 25.4 Å². The smallest absolute Gasteiger partial charge is 0.335 e. The molecule has 0 aromatic heterocycles. The lowest BCUT2D eigenvalue weighted by atomic mass is 10.00. The lowest BCUT2D eigenvalue weighted by Gasteiger charge is -2.27. The van der Waals surface area contributed by atoms with Gasteiger partial charge < -0.3 is 20.1 Å². The Morgan fingerprint density at radius 1 is 1.20 bits per heavy atom. The number of carbonyl (C=O) groups is 2. The van der Waals surface area contributed by atoms with Gasteiger partial charge in [-0.3, -0.25) is 4.79 Å². The van der Waals surface area contributed by atoms with E-state index in [1.54, 1.807) is 25.3 Å². The van der Waals surface area contributed by atoms with Crippen LogP contribution in [0.25, 0.3) is 10.8 Å². The molecule has 3 aromatic carbocycles. The molecule has 1 amide bonds. The number of rotatable bonds is 5. The first-order chi connectivity index (χ1) is 14.5. The quantitative estimate of drug-likeness (QED) is 0.679. The predicted octanol–water partition coefficient (Wildman–Crippen LogP) is 3.61. The Kier molecular flexibility index (Phi) is 5.42. The highest BCUT2D eigenvalue weighted by Gasteiger charge is 2.30. The third-order valence-electron chi connectivity index (χ3n) is 5.77. The van der Waals surface area contributed by atoms with Crippen LogP contribution in [-0.2, 0) is 17.8 Å². The van der Waals surface area contributed by atoms with Crippen molar-refractivity contribution in [1.29, 1.82) is 0 Å². The van der Waals surface area contributed by atoms with E-state index in [2.05, 4.69) is 11.4 Å². The number of nitrogens with zero attached hydrogens (tertiary/aromatic N) is 1. The molecule has 1 unspecified atom stereocenters. The van der Waals surface area contributed by atoms with Crippen LogP contribution in [0.1, 0.15) is 27.9 Å². The monoisotopic (exact) mass is 404 g/mol. The number of carboxylic acid groups (broad SMARTS) is 1. The third-order valence-corrected chi connectivity index (χ3v) is 5.77. The zero-order chi connectivity index (χ0) is 21.3. The molecular formula is C24H24N2O4. The normalized spacial score (nSPS) is 16.3. The highest BCUT2D eigenvalue weighted by Crippen LogP contribution is 2.34. The van der Waals surface area contributed by atoms with Crippen LogP contribution in [0.4, 0.5) is 5.69 Å². The number of amides is 1. The summed E-state index contributed by atoms with van der Waals surface area (Å²) in [6, 6.07) is 16.4. The topological polar surface area (TPSA) is 78.9 Å². The van der Waals surface area contributed by atoms with E-state index >= 15 is 0 Å². The second-order valence-corrected chi connectivity index (χ2v) is 7.42. The van der Waals surface area contributed by atoms with Crippen molar-refractivity contribution in [3.05, 3.63) is 71.3 Å². The fourth-order valence-electron chi connectivity index (χ4n) is 4.17. The Morgan fingerprint density at radius 2 is 2.00 bits per heavy atom. The molecule has 154 valence electrons. The van der Waals surface area contributed by atoms with Gasteiger partial charge in [-0.05, 0) is 60.5 Å². The standard InChI is InChI=1S/C24H24N2O4/c1-25-20-11-8-15-5-3-4-6-21(15)26(23(20)27)14-19-18-10-7-17(24(28)29)13-16(18)9-12-22(19)30-2/h3-7,9-10,12-13,20,25H,8,11,14H2,1-2H3,(H,28,29). The molecule has 0 saturated carbocycles. The van der Waals surface area contributed by atoms with E-state index in [0.29, 0.717) is 12.3 Å². The molecule has 0 saturated heterocycles. The molecule has 2 N–H and O–H groups in total. The minimum absolute atomic E-state index is 0.0173. The summed E-state index contributed by atoms with van der Waals surface area (Å²) in [5.41, 5.74) is 3.12. The van der Waals surface area contributed by atoms with Crippen molar-refractivity contribution < 1.29 is 19.4 Å². The molecule has 30 heavy (non-hydrogen) atoms. The summed E-state index contributed by atoms with van der Waals surface area (Å²) in [4.78, 5) is 26.6. The number of hydrogen-bond donors (Lipinski definition) is 2. The van der Waals surface area contributed by atoms with E-state index < -0.39 is 5.97 Å². The van der Waals surface area contributed by atoms with Gasteiger partial charge in [-0.25, -0.2) is 4.79 Å². The van der Waals surface area contributed by atoms with Crippen LogP contribution in [0.2, 0.25) is 0 Å². The number of aryl methyl sites for hydroxylation is 1. The SMILES string of the molecule is CNC1CCc2ccccc2N(Cc2c(OC)ccc3cc(C(=O)O)ccc23)C1=O. The highest BCUT2D eigenvalue weighted by atomic mass is 16.5. The maximum absolute atomic E-state index is 13.4. The van der Waals surface area contributed by atoms with Gasteiger partial charge in [0.25, 0.3) is 0 Å². The number of anilines is 1. The highest BCUT2D eigenvalue weighted by molar-refractivity contribution is 6.00. The van der Waals surface area contributed by atoms with Crippen molar-refractivity contribution >= 4 is 28.3 Å². The average molecular weight is 404 g/mol. The number of carboxylic acids is 1. The molecule has 1 aliphatic rings. The summed E-state index contributed by atoms with van der Waals surface area (Å²) in [5, 5.41) is 14.1. The van der Waals surface area contributed by atoms with Gasteiger partial charge in [0.2, 0.25) is 5.91 Å². The van der Waals surface area contributed by atoms with Gasteiger partial charge in [0.05, 0.1) is 25.3 Å². The number of carbonyl (C=O) groups excluding carboxylic acids is 1. The van der Waals surface area contributed by atoms with E-state index in [-0.39, 0.29) is 17.5 Å².